The van der Waals surface area contributed by atoms with Crippen LogP contribution in [0.3, 0.4) is 0 Å². The second-order valence-corrected chi connectivity index (χ2v) is 16.1. The average molecular weight is 730 g/mol. The number of imidazole rings is 1. The van der Waals surface area contributed by atoms with Crippen LogP contribution in [0.25, 0.3) is 33.5 Å². The molecule has 55 heavy (non-hydrogen) atoms. The molecule has 1 aromatic heterocycles. The summed E-state index contributed by atoms with van der Waals surface area (Å²) in [6.07, 6.45) is 23.8. The summed E-state index contributed by atoms with van der Waals surface area (Å²) in [7, 11) is 0. The van der Waals surface area contributed by atoms with Gasteiger partial charge in [-0.15, -0.1) is 0 Å². The van der Waals surface area contributed by atoms with Gasteiger partial charge in [0.1, 0.15) is 5.82 Å². The summed E-state index contributed by atoms with van der Waals surface area (Å²) >= 11 is 0. The lowest BCUT2D eigenvalue weighted by atomic mass is 9.70. The number of benzene rings is 5. The minimum Gasteiger partial charge on any atom is -0.338 e. The van der Waals surface area contributed by atoms with Gasteiger partial charge < -0.3 is 9.88 Å². The number of hydrogen-bond donors (Lipinski definition) is 1. The van der Waals surface area contributed by atoms with Gasteiger partial charge in [-0.2, -0.15) is 0 Å². The van der Waals surface area contributed by atoms with Gasteiger partial charge in [-0.05, 0) is 89.7 Å². The Kier molecular flexibility index (Phi) is 13.6. The molecule has 6 aromatic rings. The molecule has 0 unspecified atom stereocenters. The van der Waals surface area contributed by atoms with Crippen LogP contribution in [-0.4, -0.2) is 9.97 Å². The molecule has 1 aliphatic rings. The lowest BCUT2D eigenvalue weighted by molar-refractivity contribution is 0.397. The first-order chi connectivity index (χ1) is 27.2. The third kappa shape index (κ3) is 9.09. The Labute approximate surface area is 331 Å². The SMILES string of the molecule is CCCCCCCCCCC1(CCCCCCCCCC)c2cc(-c3nc4ccccc4[nH]3)ccc2-c2ccc(N(c3ccccc3)c3ccccc3)cc21. The van der Waals surface area contributed by atoms with E-state index < -0.39 is 0 Å². The molecule has 0 bridgehead atoms. The van der Waals surface area contributed by atoms with E-state index in [4.69, 9.17) is 4.98 Å². The number of nitrogens with one attached hydrogen (secondary N) is 1. The van der Waals surface area contributed by atoms with Gasteiger partial charge in [-0.25, -0.2) is 4.98 Å². The van der Waals surface area contributed by atoms with Crippen LogP contribution in [0.4, 0.5) is 17.1 Å². The normalized spacial score (nSPS) is 12.9. The Morgan fingerprint density at radius 2 is 0.964 bits per heavy atom. The van der Waals surface area contributed by atoms with Crippen LogP contribution in [-0.2, 0) is 5.41 Å². The van der Waals surface area contributed by atoms with Crippen LogP contribution in [0.15, 0.2) is 121 Å². The molecule has 0 radical (unpaired) electrons. The number of nitrogens with zero attached hydrogens (tertiary/aromatic N) is 2. The number of aromatic amines is 1. The number of H-pyrrole nitrogens is 1. The smallest absolute Gasteiger partial charge is 0.138 e. The molecule has 0 fully saturated rings. The molecule has 0 spiro atoms. The van der Waals surface area contributed by atoms with Crippen molar-refractivity contribution >= 4 is 28.1 Å². The maximum absolute atomic E-state index is 5.08. The molecule has 0 aliphatic heterocycles. The summed E-state index contributed by atoms with van der Waals surface area (Å²) in [5.41, 5.74) is 12.7. The number of unbranched alkanes of at least 4 members (excludes halogenated alkanes) is 14. The van der Waals surface area contributed by atoms with Gasteiger partial charge in [-0.1, -0.05) is 183 Å². The fourth-order valence-corrected chi connectivity index (χ4v) is 9.25. The molecule has 1 aliphatic carbocycles. The molecular weight excluding hydrogens is 667 g/mol. The Morgan fingerprint density at radius 3 is 1.53 bits per heavy atom. The molecule has 0 saturated heterocycles. The first-order valence-corrected chi connectivity index (χ1v) is 21.9. The van der Waals surface area contributed by atoms with Crippen molar-refractivity contribution in [1.82, 2.24) is 9.97 Å². The second-order valence-electron chi connectivity index (χ2n) is 16.1. The first-order valence-electron chi connectivity index (χ1n) is 21.9. The van der Waals surface area contributed by atoms with E-state index in [0.717, 1.165) is 16.9 Å². The van der Waals surface area contributed by atoms with Crippen molar-refractivity contribution in [3.8, 4) is 22.5 Å². The predicted molar refractivity (Wildman–Crippen MR) is 237 cm³/mol. The molecule has 3 heteroatoms. The van der Waals surface area contributed by atoms with Gasteiger partial charge >= 0.3 is 0 Å². The van der Waals surface area contributed by atoms with E-state index in [2.05, 4.69) is 145 Å². The molecule has 1 N–H and O–H groups in total. The standard InChI is InChI=1S/C52H63N3/c1-3-5-7-9-11-13-15-25-37-52(38-26-16-14-12-10-8-6-4-2)47-39-41(51-53-49-31-23-24-32-50(49)54-51)33-35-45(47)46-36-34-44(40-48(46)52)55(42-27-19-17-20-28-42)43-29-21-18-22-30-43/h17-24,27-36,39-40H,3-16,25-26,37-38H2,1-2H3,(H,53,54). The van der Waals surface area contributed by atoms with Gasteiger partial charge in [-0.3, -0.25) is 0 Å². The summed E-state index contributed by atoms with van der Waals surface area (Å²) < 4.78 is 0. The van der Waals surface area contributed by atoms with Crippen molar-refractivity contribution in [3.05, 3.63) is 132 Å². The Balaban J connectivity index is 1.28. The van der Waals surface area contributed by atoms with Gasteiger partial charge in [0.2, 0.25) is 0 Å². The number of aromatic nitrogens is 2. The van der Waals surface area contributed by atoms with Crippen molar-refractivity contribution in [2.45, 2.75) is 135 Å². The minimum atomic E-state index is -0.0494. The van der Waals surface area contributed by atoms with Gasteiger partial charge in [0.05, 0.1) is 11.0 Å². The number of para-hydroxylation sites is 4. The van der Waals surface area contributed by atoms with Crippen LogP contribution >= 0.6 is 0 Å². The number of fused-ring (bicyclic) bond motifs is 4. The topological polar surface area (TPSA) is 31.9 Å². The molecule has 0 saturated carbocycles. The maximum atomic E-state index is 5.08. The molecule has 0 amide bonds. The predicted octanol–water partition coefficient (Wildman–Crippen LogP) is 16.0. The van der Waals surface area contributed by atoms with Gasteiger partial charge in [0, 0.05) is 28.0 Å². The van der Waals surface area contributed by atoms with E-state index in [9.17, 15) is 0 Å². The summed E-state index contributed by atoms with van der Waals surface area (Å²) in [6.45, 7) is 4.63. The van der Waals surface area contributed by atoms with Crippen LogP contribution in [0.5, 0.6) is 0 Å². The quantitative estimate of drug-likeness (QED) is 0.0706. The molecule has 0 atom stereocenters. The maximum Gasteiger partial charge on any atom is 0.138 e. The average Bonchev–Trinajstić information content (AvgIpc) is 3.78. The van der Waals surface area contributed by atoms with E-state index in [1.54, 1.807) is 0 Å². The Bertz CT molecular complexity index is 1970. The van der Waals surface area contributed by atoms with Crippen molar-refractivity contribution in [1.29, 1.82) is 0 Å². The molecule has 7 rings (SSSR count). The Hall–Kier alpha value is -4.63. The number of rotatable bonds is 22. The monoisotopic (exact) mass is 730 g/mol. The zero-order valence-electron chi connectivity index (χ0n) is 33.7. The summed E-state index contributed by atoms with van der Waals surface area (Å²) in [5.74, 6) is 0.966. The highest BCUT2D eigenvalue weighted by Gasteiger charge is 2.43. The third-order valence-corrected chi connectivity index (χ3v) is 12.2. The van der Waals surface area contributed by atoms with E-state index in [-0.39, 0.29) is 5.41 Å². The molecular formula is C52H63N3. The second kappa shape index (κ2) is 19.3. The van der Waals surface area contributed by atoms with Crippen LogP contribution in [0, 0.1) is 0 Å². The van der Waals surface area contributed by atoms with Crippen molar-refractivity contribution in [2.75, 3.05) is 4.90 Å². The van der Waals surface area contributed by atoms with E-state index in [1.165, 1.54) is 160 Å². The van der Waals surface area contributed by atoms with Crippen LogP contribution < -0.4 is 4.90 Å². The fourth-order valence-electron chi connectivity index (χ4n) is 9.25. The zero-order valence-corrected chi connectivity index (χ0v) is 33.7. The van der Waals surface area contributed by atoms with E-state index in [1.807, 2.05) is 0 Å². The largest absolute Gasteiger partial charge is 0.338 e. The molecule has 1 heterocycles. The Morgan fingerprint density at radius 1 is 0.473 bits per heavy atom. The highest BCUT2D eigenvalue weighted by atomic mass is 15.1. The summed E-state index contributed by atoms with van der Waals surface area (Å²) in [6, 6.07) is 44.8. The number of hydrogen-bond acceptors (Lipinski definition) is 2. The lowest BCUT2D eigenvalue weighted by Gasteiger charge is -2.34. The summed E-state index contributed by atoms with van der Waals surface area (Å²) in [5, 5.41) is 0. The molecule has 286 valence electrons. The highest BCUT2D eigenvalue weighted by molar-refractivity contribution is 5.88. The molecule has 5 aromatic carbocycles. The minimum absolute atomic E-state index is 0.0494. The third-order valence-electron chi connectivity index (χ3n) is 12.2. The van der Waals surface area contributed by atoms with Crippen molar-refractivity contribution in [3.63, 3.8) is 0 Å². The van der Waals surface area contributed by atoms with Crippen LogP contribution in [0.2, 0.25) is 0 Å². The fraction of sp³-hybridized carbons (Fsp3) is 0.404. The van der Waals surface area contributed by atoms with Crippen LogP contribution in [0.1, 0.15) is 141 Å². The number of anilines is 3. The first kappa shape index (κ1) is 38.6. The van der Waals surface area contributed by atoms with Crippen molar-refractivity contribution < 1.29 is 0 Å². The highest BCUT2D eigenvalue weighted by Crippen LogP contribution is 2.56. The summed E-state index contributed by atoms with van der Waals surface area (Å²) in [4.78, 5) is 11.2. The van der Waals surface area contributed by atoms with E-state index >= 15 is 0 Å². The van der Waals surface area contributed by atoms with E-state index in [0.29, 0.717) is 0 Å². The van der Waals surface area contributed by atoms with Gasteiger partial charge in [0.15, 0.2) is 0 Å². The zero-order chi connectivity index (χ0) is 37.7. The van der Waals surface area contributed by atoms with Crippen molar-refractivity contribution in [2.24, 2.45) is 0 Å². The lowest BCUT2D eigenvalue weighted by Crippen LogP contribution is -2.26. The van der Waals surface area contributed by atoms with Gasteiger partial charge in [0.25, 0.3) is 0 Å². The molecule has 3 nitrogen and oxygen atoms in total.